The van der Waals surface area contributed by atoms with Crippen LogP contribution in [0.1, 0.15) is 112 Å². The Morgan fingerprint density at radius 1 is 0.274 bits per heavy atom. The van der Waals surface area contributed by atoms with Gasteiger partial charge < -0.3 is 18.9 Å². The van der Waals surface area contributed by atoms with Crippen molar-refractivity contribution in [3.8, 4) is 78.1 Å². The summed E-state index contributed by atoms with van der Waals surface area (Å²) in [6.45, 7) is 20.0. The van der Waals surface area contributed by atoms with Gasteiger partial charge in [-0.05, 0) is 218 Å². The number of benzene rings is 18. The van der Waals surface area contributed by atoms with Gasteiger partial charge in [0.15, 0.2) is 0 Å². The summed E-state index contributed by atoms with van der Waals surface area (Å²) in [5.41, 5.74) is 30.3. The van der Waals surface area contributed by atoms with Crippen LogP contribution in [0.2, 0.25) is 0 Å². The Morgan fingerprint density at radius 3 is 1.20 bits per heavy atom. The van der Waals surface area contributed by atoms with Crippen LogP contribution in [-0.4, -0.2) is 15.8 Å². The van der Waals surface area contributed by atoms with Gasteiger partial charge in [0, 0.05) is 77.9 Å². The van der Waals surface area contributed by atoms with Crippen molar-refractivity contribution in [3.05, 3.63) is 439 Å². The SMILES string of the molecule is [2H]c1c([2H])c([2H])c2c(c1[2H])c1c([2H])c([2H])c([2H])c([2H])c1n2-c1ccc2c(c1)N(c1c(-c3ccccc3)cc(C(C)(C)C)cc1-c1ccccc1)c1cc(-c3cccc4c3C(c3ccccc3)(c3ccc5ccccc5c3)c3ccccc3-4)cc3c1B2c1ccc(-n2c4ccc(C(C)(C)C)cc4c4cc(C(C)(C)C)ccc42)cc1N3c1c(-c2ccccc2)cccc1-c1ccccc1. The Labute approximate surface area is 738 Å². The van der Waals surface area contributed by atoms with Gasteiger partial charge in [-0.2, -0.15) is 0 Å². The summed E-state index contributed by atoms with van der Waals surface area (Å²) in [5.74, 6) is 0. The minimum atomic E-state index is -0.938. The molecule has 2 aromatic heterocycles. The first-order valence-electron chi connectivity index (χ1n) is 47.2. The molecule has 23 rings (SSSR count). The highest BCUT2D eigenvalue weighted by atomic mass is 15.2. The molecule has 1 atom stereocenters. The third-order valence-corrected chi connectivity index (χ3v) is 26.6. The van der Waals surface area contributed by atoms with E-state index in [0.717, 1.165) is 183 Å². The van der Waals surface area contributed by atoms with Gasteiger partial charge in [0.1, 0.15) is 0 Å². The van der Waals surface area contributed by atoms with Gasteiger partial charge in [-0.15, -0.1) is 0 Å². The van der Waals surface area contributed by atoms with Gasteiger partial charge in [-0.3, -0.25) is 0 Å². The van der Waals surface area contributed by atoms with Crippen LogP contribution >= 0.6 is 0 Å². The van der Waals surface area contributed by atoms with Crippen LogP contribution in [0.4, 0.5) is 34.1 Å². The molecule has 0 N–H and O–H groups in total. The van der Waals surface area contributed by atoms with Gasteiger partial charge in [0.25, 0.3) is 6.71 Å². The summed E-state index contributed by atoms with van der Waals surface area (Å²) in [4.78, 5) is 5.14. The first-order chi connectivity index (χ1) is 63.8. The van der Waals surface area contributed by atoms with Crippen LogP contribution in [0.15, 0.2) is 400 Å². The van der Waals surface area contributed by atoms with Crippen LogP contribution in [0, 0.1) is 0 Å². The Balaban J connectivity index is 0.944. The van der Waals surface area contributed by atoms with E-state index >= 15 is 0 Å². The summed E-state index contributed by atoms with van der Waals surface area (Å²) >= 11 is 0. The molecule has 0 radical (unpaired) electrons. The number of hydrogen-bond acceptors (Lipinski definition) is 2. The van der Waals surface area contributed by atoms with Crippen molar-refractivity contribution in [1.82, 2.24) is 9.13 Å². The van der Waals surface area contributed by atoms with Gasteiger partial charge in [-0.1, -0.05) is 372 Å². The molecule has 4 heterocycles. The highest BCUT2D eigenvalue weighted by Gasteiger charge is 2.50. The summed E-state index contributed by atoms with van der Waals surface area (Å²) in [7, 11) is 0. The fraction of sp³-hybridized carbons (Fsp3) is 0.109. The highest BCUT2D eigenvalue weighted by Crippen LogP contribution is 2.62. The molecule has 1 unspecified atom stereocenters. The van der Waals surface area contributed by atoms with Crippen LogP contribution in [-0.2, 0) is 21.7 Å². The molecule has 0 saturated carbocycles. The van der Waals surface area contributed by atoms with Gasteiger partial charge in [0.05, 0.1) is 49.8 Å². The quantitative estimate of drug-likeness (QED) is 0.120. The van der Waals surface area contributed by atoms with E-state index in [1.807, 2.05) is 6.07 Å². The minimum Gasteiger partial charge on any atom is -0.310 e. The molecular weight excluding hydrogens is 1500 g/mol. The van der Waals surface area contributed by atoms with E-state index in [1.165, 1.54) is 11.1 Å². The maximum absolute atomic E-state index is 10.1. The van der Waals surface area contributed by atoms with Crippen LogP contribution in [0.5, 0.6) is 0 Å². The third kappa shape index (κ3) is 11.6. The van der Waals surface area contributed by atoms with Crippen molar-refractivity contribution >= 4 is 112 Å². The molecule has 124 heavy (non-hydrogen) atoms. The Kier molecular flexibility index (Phi) is 15.1. The average Bonchev–Trinajstić information content (AvgIpc) is 0.933. The summed E-state index contributed by atoms with van der Waals surface area (Å²) < 4.78 is 81.8. The maximum atomic E-state index is 10.1. The predicted octanol–water partition coefficient (Wildman–Crippen LogP) is 29.7. The molecular formula is C119H93BN4. The molecule has 20 aromatic rings. The van der Waals surface area contributed by atoms with E-state index in [4.69, 9.17) is 0 Å². The first kappa shape index (κ1) is 66.2. The average molecular weight is 1600 g/mol. The highest BCUT2D eigenvalue weighted by molar-refractivity contribution is 7.00. The minimum absolute atomic E-state index is 0.00388. The predicted molar refractivity (Wildman–Crippen MR) is 527 cm³/mol. The molecule has 592 valence electrons. The number of anilines is 6. The normalized spacial score (nSPS) is 15.1. The number of para-hydroxylation sites is 3. The number of aromatic nitrogens is 2. The van der Waals surface area contributed by atoms with Crippen molar-refractivity contribution in [2.75, 3.05) is 9.80 Å². The van der Waals surface area contributed by atoms with Crippen molar-refractivity contribution in [2.45, 2.75) is 84.0 Å². The standard InChI is InChI=1S/C119H93BN4/c1-116(2,3)84-59-65-106-99(70-84)100-71-85(117(4,5)6)60-66-107(100)122(106)89-62-64-102-108(75-89)123(114-91(77-36-15-10-16-37-77)51-34-52-92(114)78-38-17-11-18-39-78)110-68-82(90-50-33-53-96-93-47-27-30-54-101(93)119(112(90)96,83-45-23-14-24-46-83)86-58-57-76-35-25-26-44-81(76)67-86)69-111-113(110)120(102)103-63-61-88(121-104-55-31-28-48-94(104)95-49-29-32-56-105(95)121)74-109(103)124(111)115-97(79-40-19-12-20-41-79)72-87(118(7,8)9)73-98(115)80-42-21-13-22-43-80/h10-75H,1-9H3/i28D,29D,31D,32D,48D,49D,55D,56D. The molecule has 0 saturated heterocycles. The molecule has 3 aliphatic rings. The molecule has 0 fully saturated rings. The second-order valence-corrected chi connectivity index (χ2v) is 36.9. The van der Waals surface area contributed by atoms with Gasteiger partial charge in [-0.25, -0.2) is 0 Å². The number of fused-ring (bicyclic) bond motifs is 14. The lowest BCUT2D eigenvalue weighted by molar-refractivity contribution is 0.590. The van der Waals surface area contributed by atoms with Crippen LogP contribution in [0.25, 0.3) is 133 Å². The maximum Gasteiger partial charge on any atom is 0.252 e. The lowest BCUT2D eigenvalue weighted by atomic mass is 9.33. The van der Waals surface area contributed by atoms with Crippen molar-refractivity contribution < 1.29 is 11.0 Å². The van der Waals surface area contributed by atoms with E-state index in [2.05, 4.69) is 422 Å². The second kappa shape index (κ2) is 28.3. The molecule has 4 nitrogen and oxygen atoms in total. The Hall–Kier alpha value is -14.5. The number of rotatable bonds is 11. The van der Waals surface area contributed by atoms with E-state index in [-0.39, 0.29) is 44.7 Å². The fourth-order valence-corrected chi connectivity index (χ4v) is 20.7. The van der Waals surface area contributed by atoms with E-state index in [0.29, 0.717) is 5.69 Å². The Bertz CT molecular complexity index is 7980. The summed E-state index contributed by atoms with van der Waals surface area (Å²) in [5, 5.41) is 4.59. The van der Waals surface area contributed by atoms with Gasteiger partial charge >= 0.3 is 0 Å². The molecule has 2 aliphatic heterocycles. The first-order valence-corrected chi connectivity index (χ1v) is 43.2. The zero-order valence-corrected chi connectivity index (χ0v) is 70.9. The monoisotopic (exact) mass is 1600 g/mol. The van der Waals surface area contributed by atoms with E-state index in [1.54, 1.807) is 4.57 Å². The van der Waals surface area contributed by atoms with Crippen molar-refractivity contribution in [2.24, 2.45) is 0 Å². The van der Waals surface area contributed by atoms with E-state index in [9.17, 15) is 11.0 Å². The summed E-state index contributed by atoms with van der Waals surface area (Å²) in [6, 6.07) is 127. The third-order valence-electron chi connectivity index (χ3n) is 26.6. The fourth-order valence-electron chi connectivity index (χ4n) is 20.7. The largest absolute Gasteiger partial charge is 0.310 e. The lowest BCUT2D eigenvalue weighted by Gasteiger charge is -2.46. The molecule has 18 aromatic carbocycles. The Morgan fingerprint density at radius 2 is 0.694 bits per heavy atom. The lowest BCUT2D eigenvalue weighted by Crippen LogP contribution is -2.61. The zero-order valence-electron chi connectivity index (χ0n) is 78.9. The van der Waals surface area contributed by atoms with Gasteiger partial charge in [0.2, 0.25) is 0 Å². The number of hydrogen-bond donors (Lipinski definition) is 0. The topological polar surface area (TPSA) is 16.3 Å². The molecule has 0 spiro atoms. The molecule has 0 bridgehead atoms. The smallest absolute Gasteiger partial charge is 0.252 e. The molecule has 0 amide bonds. The molecule has 1 aliphatic carbocycles. The van der Waals surface area contributed by atoms with Crippen LogP contribution in [0.3, 0.4) is 0 Å². The van der Waals surface area contributed by atoms with E-state index < -0.39 is 53.8 Å². The summed E-state index contributed by atoms with van der Waals surface area (Å²) in [6.07, 6.45) is 0. The van der Waals surface area contributed by atoms with Crippen LogP contribution < -0.4 is 26.2 Å². The number of nitrogens with zero attached hydrogens (tertiary/aromatic N) is 4. The second-order valence-electron chi connectivity index (χ2n) is 36.9. The zero-order chi connectivity index (χ0) is 90.6. The van der Waals surface area contributed by atoms with Crippen molar-refractivity contribution in [1.29, 1.82) is 0 Å². The van der Waals surface area contributed by atoms with Crippen molar-refractivity contribution in [3.63, 3.8) is 0 Å². The molecule has 5 heteroatoms.